The molecule has 2 N–H and O–H groups in total. The van der Waals surface area contributed by atoms with Crippen LogP contribution in [-0.4, -0.2) is 41.0 Å². The van der Waals surface area contributed by atoms with Crippen molar-refractivity contribution in [2.45, 2.75) is 174 Å². The summed E-state index contributed by atoms with van der Waals surface area (Å²) in [5, 5.41) is 0. The van der Waals surface area contributed by atoms with Gasteiger partial charge in [0, 0.05) is 12.8 Å². The highest BCUT2D eigenvalue weighted by Gasteiger charge is 2.22. The molecule has 0 fully saturated rings. The number of esters is 2. The van der Waals surface area contributed by atoms with Gasteiger partial charge in [-0.2, -0.15) is 0 Å². The van der Waals surface area contributed by atoms with Crippen molar-refractivity contribution in [3.8, 4) is 0 Å². The fourth-order valence-corrected chi connectivity index (χ4v) is 5.21. The Kier molecular flexibility index (Phi) is 31.9. The molecule has 0 saturated carbocycles. The molecule has 9 heteroatoms. The highest BCUT2D eigenvalue weighted by Crippen LogP contribution is 2.36. The van der Waals surface area contributed by atoms with Gasteiger partial charge in [-0.15, -0.1) is 0 Å². The largest absolute Gasteiger partial charge is 0.469 e. The Hall–Kier alpha value is -1.73. The van der Waals surface area contributed by atoms with Crippen LogP contribution in [0, 0.1) is 0 Å². The molecule has 0 aromatic heterocycles. The van der Waals surface area contributed by atoms with Crippen molar-refractivity contribution in [2.24, 2.45) is 0 Å². The maximum Gasteiger partial charge on any atom is 0.469 e. The second kappa shape index (κ2) is 33.2. The fraction of sp³-hybridized carbons (Fsp3) is 0.784. The number of hydrogen-bond acceptors (Lipinski definition) is 6. The van der Waals surface area contributed by atoms with Gasteiger partial charge in [-0.3, -0.25) is 14.1 Å². The van der Waals surface area contributed by atoms with Gasteiger partial charge < -0.3 is 19.3 Å². The van der Waals surface area contributed by atoms with E-state index in [1.54, 1.807) is 0 Å². The van der Waals surface area contributed by atoms with Gasteiger partial charge in [0.1, 0.15) is 6.61 Å². The van der Waals surface area contributed by atoms with E-state index in [1.807, 2.05) is 0 Å². The molecular weight excluding hydrogens is 603 g/mol. The van der Waals surface area contributed by atoms with Crippen LogP contribution < -0.4 is 0 Å². The molecule has 0 spiro atoms. The third-order valence-electron chi connectivity index (χ3n) is 7.63. The quantitative estimate of drug-likeness (QED) is 0.0306. The van der Waals surface area contributed by atoms with Gasteiger partial charge in [0.25, 0.3) is 0 Å². The number of unbranched alkanes of at least 4 members (excludes halogenated alkanes) is 17. The number of allylic oxidation sites excluding steroid dienone is 6. The van der Waals surface area contributed by atoms with Crippen molar-refractivity contribution in [3.63, 3.8) is 0 Å². The van der Waals surface area contributed by atoms with Crippen LogP contribution in [0.15, 0.2) is 36.5 Å². The van der Waals surface area contributed by atoms with E-state index in [0.717, 1.165) is 77.0 Å². The van der Waals surface area contributed by atoms with Gasteiger partial charge in [0.2, 0.25) is 0 Å². The summed E-state index contributed by atoms with van der Waals surface area (Å²) in [5.74, 6) is -0.913. The number of phosphoric acid groups is 1. The number of carbonyl (C=O) groups is 2. The van der Waals surface area contributed by atoms with Crippen molar-refractivity contribution >= 4 is 19.8 Å². The summed E-state index contributed by atoms with van der Waals surface area (Å²) in [7, 11) is -4.75. The molecule has 0 aliphatic rings. The van der Waals surface area contributed by atoms with Crippen LogP contribution in [0.25, 0.3) is 0 Å². The Morgan fingerprint density at radius 2 is 1.00 bits per heavy atom. The molecule has 0 radical (unpaired) electrons. The predicted octanol–water partition coefficient (Wildman–Crippen LogP) is 10.6. The Morgan fingerprint density at radius 3 is 1.52 bits per heavy atom. The molecule has 0 saturated heterocycles. The van der Waals surface area contributed by atoms with E-state index in [9.17, 15) is 14.2 Å². The SMILES string of the molecule is CCCC/C=C\C/C=C\CCCCCCCC(=O)OC(COC(=O)CCCCCCC/C=C\CCCCCCC)COP(=O)(O)O. The molecule has 268 valence electrons. The summed E-state index contributed by atoms with van der Waals surface area (Å²) in [5.41, 5.74) is 0. The zero-order valence-electron chi connectivity index (χ0n) is 29.2. The van der Waals surface area contributed by atoms with Gasteiger partial charge >= 0.3 is 19.8 Å². The summed E-state index contributed by atoms with van der Waals surface area (Å²) < 4.78 is 26.2. The highest BCUT2D eigenvalue weighted by molar-refractivity contribution is 7.46. The van der Waals surface area contributed by atoms with Crippen molar-refractivity contribution in [2.75, 3.05) is 13.2 Å². The van der Waals surface area contributed by atoms with Crippen LogP contribution in [0.1, 0.15) is 168 Å². The molecule has 0 rings (SSSR count). The van der Waals surface area contributed by atoms with Crippen molar-refractivity contribution in [3.05, 3.63) is 36.5 Å². The lowest BCUT2D eigenvalue weighted by atomic mass is 10.1. The minimum Gasteiger partial charge on any atom is -0.462 e. The zero-order valence-corrected chi connectivity index (χ0v) is 30.1. The Balaban J connectivity index is 4.02. The van der Waals surface area contributed by atoms with Crippen LogP contribution in [-0.2, 0) is 28.2 Å². The van der Waals surface area contributed by atoms with Crippen LogP contribution in [0.3, 0.4) is 0 Å². The summed E-state index contributed by atoms with van der Waals surface area (Å²) in [4.78, 5) is 42.6. The second-order valence-corrected chi connectivity index (χ2v) is 13.4. The van der Waals surface area contributed by atoms with E-state index in [0.29, 0.717) is 12.8 Å². The molecule has 0 heterocycles. The molecule has 0 aliphatic heterocycles. The van der Waals surface area contributed by atoms with Gasteiger partial charge in [-0.25, -0.2) is 4.57 Å². The molecule has 8 nitrogen and oxygen atoms in total. The minimum atomic E-state index is -4.75. The first-order chi connectivity index (χ1) is 22.3. The molecule has 0 bridgehead atoms. The Labute approximate surface area is 281 Å². The summed E-state index contributed by atoms with van der Waals surface area (Å²) in [6.07, 6.45) is 37.2. The van der Waals surface area contributed by atoms with E-state index < -0.39 is 32.5 Å². The standard InChI is InChI=1S/C37H67O8P/c1-3-5-7-9-11-13-15-17-19-21-23-25-27-29-31-36(38)43-33-35(34-44-46(40,41)42)45-37(39)32-30-28-26-24-22-20-18-16-14-12-10-8-6-4-2/h10,12,15-18,35H,3-9,11,13-14,19-34H2,1-2H3,(H2,40,41,42)/b12-10-,17-15-,18-16-. The number of ether oxygens (including phenoxy) is 2. The van der Waals surface area contributed by atoms with Crippen LogP contribution in [0.4, 0.5) is 0 Å². The Bertz CT molecular complexity index is 848. The van der Waals surface area contributed by atoms with Gasteiger partial charge in [-0.05, 0) is 64.2 Å². The molecule has 1 unspecified atom stereocenters. The fourth-order valence-electron chi connectivity index (χ4n) is 4.85. The third kappa shape index (κ3) is 35.1. The normalized spacial score (nSPS) is 12.9. The first-order valence-corrected chi connectivity index (χ1v) is 19.8. The van der Waals surface area contributed by atoms with Gasteiger partial charge in [0.15, 0.2) is 6.10 Å². The zero-order chi connectivity index (χ0) is 34.0. The Morgan fingerprint density at radius 1 is 0.565 bits per heavy atom. The predicted molar refractivity (Wildman–Crippen MR) is 188 cm³/mol. The monoisotopic (exact) mass is 670 g/mol. The van der Waals surface area contributed by atoms with Crippen LogP contribution >= 0.6 is 7.82 Å². The number of rotatable bonds is 33. The minimum absolute atomic E-state index is 0.194. The molecule has 1 atom stereocenters. The molecule has 0 aromatic carbocycles. The molecule has 0 amide bonds. The number of hydrogen-bond donors (Lipinski definition) is 2. The smallest absolute Gasteiger partial charge is 0.462 e. The van der Waals surface area contributed by atoms with Crippen molar-refractivity contribution < 1.29 is 37.9 Å². The van der Waals surface area contributed by atoms with Gasteiger partial charge in [0.05, 0.1) is 6.61 Å². The molecule has 0 aromatic rings. The average molecular weight is 671 g/mol. The maximum absolute atomic E-state index is 12.3. The first kappa shape index (κ1) is 44.3. The van der Waals surface area contributed by atoms with Crippen molar-refractivity contribution in [1.29, 1.82) is 0 Å². The van der Waals surface area contributed by atoms with E-state index in [2.05, 4.69) is 54.8 Å². The maximum atomic E-state index is 12.3. The topological polar surface area (TPSA) is 119 Å². The second-order valence-electron chi connectivity index (χ2n) is 12.2. The third-order valence-corrected chi connectivity index (χ3v) is 8.12. The molecular formula is C37H67O8P. The van der Waals surface area contributed by atoms with Crippen LogP contribution in [0.5, 0.6) is 0 Å². The van der Waals surface area contributed by atoms with Crippen LogP contribution in [0.2, 0.25) is 0 Å². The lowest BCUT2D eigenvalue weighted by Gasteiger charge is -2.18. The lowest BCUT2D eigenvalue weighted by Crippen LogP contribution is -2.29. The van der Waals surface area contributed by atoms with E-state index >= 15 is 0 Å². The average Bonchev–Trinajstić information content (AvgIpc) is 3.02. The molecule has 0 aliphatic carbocycles. The number of carbonyl (C=O) groups excluding carboxylic acids is 2. The highest BCUT2D eigenvalue weighted by atomic mass is 31.2. The van der Waals surface area contributed by atoms with Gasteiger partial charge in [-0.1, -0.05) is 127 Å². The number of phosphoric ester groups is 1. The summed E-state index contributed by atoms with van der Waals surface area (Å²) >= 11 is 0. The molecule has 46 heavy (non-hydrogen) atoms. The first-order valence-electron chi connectivity index (χ1n) is 18.3. The van der Waals surface area contributed by atoms with E-state index in [1.165, 1.54) is 51.4 Å². The van der Waals surface area contributed by atoms with Crippen molar-refractivity contribution in [1.82, 2.24) is 0 Å². The lowest BCUT2D eigenvalue weighted by molar-refractivity contribution is -0.161. The summed E-state index contributed by atoms with van der Waals surface area (Å²) in [6.45, 7) is 3.60. The summed E-state index contributed by atoms with van der Waals surface area (Å²) in [6, 6.07) is 0. The van der Waals surface area contributed by atoms with E-state index in [4.69, 9.17) is 19.3 Å². The van der Waals surface area contributed by atoms with E-state index in [-0.39, 0.29) is 19.4 Å².